The number of nitrogens with one attached hydrogen (secondary N) is 1. The van der Waals surface area contributed by atoms with Crippen molar-refractivity contribution in [3.8, 4) is 0 Å². The molecule has 0 bridgehead atoms. The number of Topliss-reactive ketones (excluding diaryl/α,β-unsaturated/α-hetero) is 1. The van der Waals surface area contributed by atoms with Crippen molar-refractivity contribution in [1.29, 1.82) is 0 Å². The van der Waals surface area contributed by atoms with E-state index >= 15 is 0 Å². The second-order valence-electron chi connectivity index (χ2n) is 2.61. The van der Waals surface area contributed by atoms with Crippen LogP contribution in [-0.4, -0.2) is 53.0 Å². The third-order valence-electron chi connectivity index (χ3n) is 1.62. The minimum atomic E-state index is -1.44. The Balaban J connectivity index is 4.16. The van der Waals surface area contributed by atoms with Gasteiger partial charge in [0.25, 0.3) is 0 Å². The molecule has 0 spiro atoms. The quantitative estimate of drug-likeness (QED) is 0.385. The summed E-state index contributed by atoms with van der Waals surface area (Å²) in [7, 11) is 1.49. The summed E-state index contributed by atoms with van der Waals surface area (Å²) in [6.45, 7) is 0.922. The van der Waals surface area contributed by atoms with Crippen LogP contribution < -0.4 is 5.32 Å². The Morgan fingerprint density at radius 3 is 2.25 bits per heavy atom. The molecule has 0 aliphatic carbocycles. The van der Waals surface area contributed by atoms with E-state index in [-0.39, 0.29) is 6.61 Å². The van der Waals surface area contributed by atoms with Gasteiger partial charge in [0.15, 0.2) is 5.78 Å². The molecule has 0 heterocycles. The van der Waals surface area contributed by atoms with Gasteiger partial charge in [-0.15, -0.1) is 0 Å². The minimum Gasteiger partial charge on any atom is -0.394 e. The highest BCUT2D eigenvalue weighted by atomic mass is 16.3. The maximum atomic E-state index is 11.1. The summed E-state index contributed by atoms with van der Waals surface area (Å²) >= 11 is 0. The first-order valence-corrected chi connectivity index (χ1v) is 3.72. The molecule has 0 unspecified atom stereocenters. The van der Waals surface area contributed by atoms with Gasteiger partial charge < -0.3 is 20.6 Å². The first-order valence-electron chi connectivity index (χ1n) is 3.72. The first-order chi connectivity index (χ1) is 5.54. The van der Waals surface area contributed by atoms with Crippen molar-refractivity contribution in [2.45, 2.75) is 25.2 Å². The summed E-state index contributed by atoms with van der Waals surface area (Å²) in [5.41, 5.74) is 0. The van der Waals surface area contributed by atoms with Crippen LogP contribution in [0.1, 0.15) is 6.92 Å². The molecule has 0 saturated carbocycles. The van der Waals surface area contributed by atoms with Crippen LogP contribution in [0.4, 0.5) is 0 Å². The van der Waals surface area contributed by atoms with Gasteiger partial charge in [-0.3, -0.25) is 4.79 Å². The van der Waals surface area contributed by atoms with E-state index < -0.39 is 24.0 Å². The molecular formula is C7H15NO4. The predicted molar refractivity (Wildman–Crippen MR) is 42.6 cm³/mol. The fraction of sp³-hybridized carbons (Fsp3) is 0.857. The third-order valence-corrected chi connectivity index (χ3v) is 1.62. The molecule has 0 aliphatic heterocycles. The number of ketones is 1. The van der Waals surface area contributed by atoms with Crippen molar-refractivity contribution in [2.24, 2.45) is 0 Å². The summed E-state index contributed by atoms with van der Waals surface area (Å²) in [6, 6.07) is -0.811. The summed E-state index contributed by atoms with van der Waals surface area (Å²) in [5, 5.41) is 29.1. The average molecular weight is 177 g/mol. The van der Waals surface area contributed by atoms with Gasteiger partial charge in [-0.05, 0) is 14.0 Å². The summed E-state index contributed by atoms with van der Waals surface area (Å²) in [6.07, 6.45) is -2.55. The molecule has 0 aromatic carbocycles. The zero-order valence-electron chi connectivity index (χ0n) is 7.19. The van der Waals surface area contributed by atoms with Crippen molar-refractivity contribution in [1.82, 2.24) is 5.32 Å². The fourth-order valence-electron chi connectivity index (χ4n) is 0.767. The van der Waals surface area contributed by atoms with Crippen LogP contribution in [-0.2, 0) is 4.79 Å². The fourth-order valence-corrected chi connectivity index (χ4v) is 0.767. The second kappa shape index (κ2) is 5.21. The number of likely N-dealkylation sites (N-methyl/N-ethyl adjacent to an activating group) is 1. The molecular weight excluding hydrogens is 162 g/mol. The standard InChI is InChI=1S/C7H15NO4/c1-4(10)6(11)7(12)5(3-9)8-2/h4-6,8-11H,3H2,1-2H3/t4-,5+,6+/m1/s1. The van der Waals surface area contributed by atoms with Crippen LogP contribution in [0.5, 0.6) is 0 Å². The minimum absolute atomic E-state index is 0.390. The average Bonchev–Trinajstić information content (AvgIpc) is 2.05. The number of hydrogen-bond donors (Lipinski definition) is 4. The molecule has 0 rings (SSSR count). The number of rotatable bonds is 5. The molecule has 0 saturated heterocycles. The molecule has 0 radical (unpaired) electrons. The van der Waals surface area contributed by atoms with Crippen molar-refractivity contribution >= 4 is 5.78 Å². The van der Waals surface area contributed by atoms with Crippen LogP contribution >= 0.6 is 0 Å². The largest absolute Gasteiger partial charge is 0.394 e. The Morgan fingerprint density at radius 2 is 2.00 bits per heavy atom. The normalized spacial score (nSPS) is 18.4. The summed E-state index contributed by atoms with van der Waals surface area (Å²) in [4.78, 5) is 11.1. The third kappa shape index (κ3) is 2.86. The van der Waals surface area contributed by atoms with Crippen molar-refractivity contribution in [3.05, 3.63) is 0 Å². The lowest BCUT2D eigenvalue weighted by molar-refractivity contribution is -0.135. The van der Waals surface area contributed by atoms with Gasteiger partial charge in [0.05, 0.1) is 18.8 Å². The van der Waals surface area contributed by atoms with Crippen LogP contribution in [0.15, 0.2) is 0 Å². The number of hydrogen-bond acceptors (Lipinski definition) is 5. The Bertz CT molecular complexity index is 140. The smallest absolute Gasteiger partial charge is 0.183 e. The van der Waals surface area contributed by atoms with Crippen molar-refractivity contribution in [3.63, 3.8) is 0 Å². The Hall–Kier alpha value is -0.490. The van der Waals surface area contributed by atoms with Gasteiger partial charge in [0.1, 0.15) is 6.10 Å². The molecule has 0 fully saturated rings. The van der Waals surface area contributed by atoms with Crippen LogP contribution in [0, 0.1) is 0 Å². The lowest BCUT2D eigenvalue weighted by Gasteiger charge is -2.18. The van der Waals surface area contributed by atoms with Gasteiger partial charge in [0.2, 0.25) is 0 Å². The van der Waals surface area contributed by atoms with Crippen LogP contribution in [0.3, 0.4) is 0 Å². The van der Waals surface area contributed by atoms with E-state index in [9.17, 15) is 4.79 Å². The monoisotopic (exact) mass is 177 g/mol. The van der Waals surface area contributed by atoms with E-state index in [1.165, 1.54) is 14.0 Å². The Kier molecular flexibility index (Phi) is 5.00. The lowest BCUT2D eigenvalue weighted by atomic mass is 10.0. The van der Waals surface area contributed by atoms with Crippen molar-refractivity contribution in [2.75, 3.05) is 13.7 Å². The van der Waals surface area contributed by atoms with E-state index in [2.05, 4.69) is 5.32 Å². The number of aliphatic hydroxyl groups is 3. The number of aliphatic hydroxyl groups excluding tert-OH is 3. The Morgan fingerprint density at radius 1 is 1.50 bits per heavy atom. The second-order valence-corrected chi connectivity index (χ2v) is 2.61. The highest BCUT2D eigenvalue weighted by molar-refractivity contribution is 5.88. The molecule has 72 valence electrons. The van der Waals surface area contributed by atoms with Gasteiger partial charge in [-0.25, -0.2) is 0 Å². The summed E-state index contributed by atoms with van der Waals surface area (Å²) < 4.78 is 0. The predicted octanol–water partition coefficient (Wildman–Crippen LogP) is -2.12. The molecule has 0 amide bonds. The Labute approximate surface area is 71.0 Å². The van der Waals surface area contributed by atoms with Crippen LogP contribution in [0.2, 0.25) is 0 Å². The zero-order chi connectivity index (χ0) is 9.72. The highest BCUT2D eigenvalue weighted by Gasteiger charge is 2.26. The van der Waals surface area contributed by atoms with E-state index in [1.807, 2.05) is 0 Å². The topological polar surface area (TPSA) is 89.8 Å². The number of carbonyl (C=O) groups is 1. The lowest BCUT2D eigenvalue weighted by Crippen LogP contribution is -2.46. The van der Waals surface area contributed by atoms with E-state index in [0.29, 0.717) is 0 Å². The molecule has 5 heteroatoms. The van der Waals surface area contributed by atoms with Crippen molar-refractivity contribution < 1.29 is 20.1 Å². The van der Waals surface area contributed by atoms with Gasteiger partial charge in [-0.1, -0.05) is 0 Å². The molecule has 3 atom stereocenters. The van der Waals surface area contributed by atoms with Gasteiger partial charge in [0, 0.05) is 0 Å². The molecule has 0 aliphatic rings. The molecule has 0 aromatic rings. The molecule has 4 N–H and O–H groups in total. The summed E-state index contributed by atoms with van der Waals surface area (Å²) in [5.74, 6) is -0.602. The van der Waals surface area contributed by atoms with Crippen LogP contribution in [0.25, 0.3) is 0 Å². The van der Waals surface area contributed by atoms with E-state index in [1.54, 1.807) is 0 Å². The zero-order valence-corrected chi connectivity index (χ0v) is 7.19. The van der Waals surface area contributed by atoms with Gasteiger partial charge >= 0.3 is 0 Å². The van der Waals surface area contributed by atoms with E-state index in [0.717, 1.165) is 0 Å². The molecule has 5 nitrogen and oxygen atoms in total. The van der Waals surface area contributed by atoms with Gasteiger partial charge in [-0.2, -0.15) is 0 Å². The maximum absolute atomic E-state index is 11.1. The molecule has 0 aromatic heterocycles. The first kappa shape index (κ1) is 11.5. The number of carbonyl (C=O) groups excluding carboxylic acids is 1. The maximum Gasteiger partial charge on any atom is 0.183 e. The molecule has 12 heavy (non-hydrogen) atoms. The highest BCUT2D eigenvalue weighted by Crippen LogP contribution is 1.97. The SMILES string of the molecule is CN[C@@H](CO)C(=O)[C@@H](O)[C@@H](C)O. The van der Waals surface area contributed by atoms with E-state index in [4.69, 9.17) is 15.3 Å².